The summed E-state index contributed by atoms with van der Waals surface area (Å²) in [7, 11) is 0. The van der Waals surface area contributed by atoms with Gasteiger partial charge in [-0.15, -0.1) is 6.58 Å². The van der Waals surface area contributed by atoms with Crippen molar-refractivity contribution in [2.24, 2.45) is 0 Å². The van der Waals surface area contributed by atoms with E-state index in [1.54, 1.807) is 13.0 Å². The van der Waals surface area contributed by atoms with Crippen molar-refractivity contribution in [3.05, 3.63) is 12.7 Å². The van der Waals surface area contributed by atoms with Crippen LogP contribution in [0.3, 0.4) is 0 Å². The molecule has 1 unspecified atom stereocenters. The quantitative estimate of drug-likeness (QED) is 0.640. The molecule has 0 aromatic carbocycles. The van der Waals surface area contributed by atoms with E-state index < -0.39 is 12.0 Å². The lowest BCUT2D eigenvalue weighted by Gasteiger charge is -2.13. The topological polar surface area (TPSA) is 83.5 Å². The Morgan fingerprint density at radius 1 is 1.47 bits per heavy atom. The normalized spacial score (nSPS) is 11.6. The number of aliphatic carboxylic acids is 1. The Balaban J connectivity index is 4.24. The van der Waals surface area contributed by atoms with Gasteiger partial charge >= 0.3 is 5.97 Å². The number of hydrogen-bond donors (Lipinski definition) is 2. The molecule has 0 aromatic rings. The van der Waals surface area contributed by atoms with E-state index in [9.17, 15) is 14.4 Å². The molecule has 0 aromatic heterocycles. The lowest BCUT2D eigenvalue weighted by molar-refractivity contribution is -0.142. The molecule has 0 spiro atoms. The van der Waals surface area contributed by atoms with Crippen LogP contribution in [0, 0.1) is 0 Å². The zero-order chi connectivity index (χ0) is 13.3. The highest BCUT2D eigenvalue weighted by molar-refractivity contribution is 8.13. The lowest BCUT2D eigenvalue weighted by atomic mass is 10.2. The van der Waals surface area contributed by atoms with Crippen LogP contribution in [0.1, 0.15) is 26.2 Å². The minimum Gasteiger partial charge on any atom is -0.480 e. The van der Waals surface area contributed by atoms with Gasteiger partial charge in [0.15, 0.2) is 5.12 Å². The Kier molecular flexibility index (Phi) is 8.13. The van der Waals surface area contributed by atoms with Crippen molar-refractivity contribution in [2.45, 2.75) is 32.2 Å². The standard InChI is InChI=1S/C11H17NO4S/c1-3-5-6-9(13)12-8(11(15)16)7-10(14)17-4-2/h3,8H,1,4-7H2,2H3,(H,12,13)(H,15,16). The Labute approximate surface area is 105 Å². The van der Waals surface area contributed by atoms with Gasteiger partial charge in [0.05, 0.1) is 0 Å². The van der Waals surface area contributed by atoms with Crippen molar-refractivity contribution in [3.8, 4) is 0 Å². The molecule has 0 aliphatic heterocycles. The molecule has 0 bridgehead atoms. The lowest BCUT2D eigenvalue weighted by Crippen LogP contribution is -2.41. The van der Waals surface area contributed by atoms with Crippen LogP contribution >= 0.6 is 11.8 Å². The second-order valence-corrected chi connectivity index (χ2v) is 4.62. The van der Waals surface area contributed by atoms with E-state index in [0.717, 1.165) is 11.8 Å². The van der Waals surface area contributed by atoms with E-state index in [4.69, 9.17) is 5.11 Å². The number of allylic oxidation sites excluding steroid dienone is 1. The van der Waals surface area contributed by atoms with Crippen LogP contribution < -0.4 is 5.32 Å². The van der Waals surface area contributed by atoms with Gasteiger partial charge in [-0.1, -0.05) is 24.8 Å². The summed E-state index contributed by atoms with van der Waals surface area (Å²) >= 11 is 1.05. The van der Waals surface area contributed by atoms with Crippen molar-refractivity contribution in [3.63, 3.8) is 0 Å². The molecule has 1 amide bonds. The van der Waals surface area contributed by atoms with Gasteiger partial charge in [0.25, 0.3) is 0 Å². The van der Waals surface area contributed by atoms with Crippen LogP contribution in [-0.4, -0.2) is 33.9 Å². The summed E-state index contributed by atoms with van der Waals surface area (Å²) in [6.45, 7) is 5.27. The maximum Gasteiger partial charge on any atom is 0.326 e. The Hall–Kier alpha value is -1.30. The van der Waals surface area contributed by atoms with Gasteiger partial charge in [-0.05, 0) is 12.2 Å². The van der Waals surface area contributed by atoms with Gasteiger partial charge in [0, 0.05) is 12.8 Å². The highest BCUT2D eigenvalue weighted by atomic mass is 32.2. The van der Waals surface area contributed by atoms with Crippen molar-refractivity contribution in [1.82, 2.24) is 5.32 Å². The first-order valence-electron chi connectivity index (χ1n) is 5.30. The van der Waals surface area contributed by atoms with E-state index >= 15 is 0 Å². The van der Waals surface area contributed by atoms with Gasteiger partial charge in [-0.2, -0.15) is 0 Å². The molecule has 0 radical (unpaired) electrons. The number of amides is 1. The number of rotatable bonds is 8. The molecule has 17 heavy (non-hydrogen) atoms. The highest BCUT2D eigenvalue weighted by Gasteiger charge is 2.22. The molecule has 0 aliphatic rings. The van der Waals surface area contributed by atoms with E-state index in [-0.39, 0.29) is 23.9 Å². The third kappa shape index (κ3) is 7.57. The summed E-state index contributed by atoms with van der Waals surface area (Å²) in [4.78, 5) is 33.5. The van der Waals surface area contributed by atoms with E-state index in [2.05, 4.69) is 11.9 Å². The summed E-state index contributed by atoms with van der Waals surface area (Å²) in [5, 5.41) is 11.0. The number of carbonyl (C=O) groups excluding carboxylic acids is 2. The molecule has 0 heterocycles. The summed E-state index contributed by atoms with van der Waals surface area (Å²) in [6.07, 6.45) is 2.05. The summed E-state index contributed by atoms with van der Waals surface area (Å²) in [6, 6.07) is -1.14. The van der Waals surface area contributed by atoms with Crippen LogP contribution in [-0.2, 0) is 14.4 Å². The number of hydrogen-bond acceptors (Lipinski definition) is 4. The third-order valence-corrected chi connectivity index (χ3v) is 2.66. The zero-order valence-electron chi connectivity index (χ0n) is 9.77. The fourth-order valence-corrected chi connectivity index (χ4v) is 1.69. The van der Waals surface area contributed by atoms with Crippen molar-refractivity contribution >= 4 is 28.8 Å². The van der Waals surface area contributed by atoms with Gasteiger partial charge in [-0.25, -0.2) is 4.79 Å². The molecule has 0 aliphatic carbocycles. The third-order valence-electron chi connectivity index (χ3n) is 1.88. The average Bonchev–Trinajstić information content (AvgIpc) is 2.25. The SMILES string of the molecule is C=CCCC(=O)NC(CC(=O)SCC)C(=O)O. The minimum atomic E-state index is -1.19. The van der Waals surface area contributed by atoms with Crippen LogP contribution in [0.15, 0.2) is 12.7 Å². The van der Waals surface area contributed by atoms with Crippen molar-refractivity contribution < 1.29 is 19.5 Å². The monoisotopic (exact) mass is 259 g/mol. The van der Waals surface area contributed by atoms with Gasteiger partial charge in [0.1, 0.15) is 6.04 Å². The van der Waals surface area contributed by atoms with Gasteiger partial charge < -0.3 is 10.4 Å². The highest BCUT2D eigenvalue weighted by Crippen LogP contribution is 2.07. The number of carbonyl (C=O) groups is 3. The maximum atomic E-state index is 11.3. The van der Waals surface area contributed by atoms with Crippen molar-refractivity contribution in [1.29, 1.82) is 0 Å². The Morgan fingerprint density at radius 3 is 2.59 bits per heavy atom. The largest absolute Gasteiger partial charge is 0.480 e. The molecule has 6 heteroatoms. The molecule has 5 nitrogen and oxygen atoms in total. The van der Waals surface area contributed by atoms with Gasteiger partial charge in [-0.3, -0.25) is 9.59 Å². The minimum absolute atomic E-state index is 0.183. The molecule has 0 rings (SSSR count). The summed E-state index contributed by atoms with van der Waals surface area (Å²) in [5.74, 6) is -0.983. The molecular weight excluding hydrogens is 242 g/mol. The second kappa shape index (κ2) is 8.81. The van der Waals surface area contributed by atoms with E-state index in [0.29, 0.717) is 12.2 Å². The molecule has 96 valence electrons. The Morgan fingerprint density at radius 2 is 2.12 bits per heavy atom. The Bertz CT molecular complexity index is 304. The average molecular weight is 259 g/mol. The number of nitrogens with one attached hydrogen (secondary N) is 1. The molecule has 0 saturated heterocycles. The zero-order valence-corrected chi connectivity index (χ0v) is 10.6. The van der Waals surface area contributed by atoms with Crippen LogP contribution in [0.25, 0.3) is 0 Å². The fourth-order valence-electron chi connectivity index (χ4n) is 1.09. The van der Waals surface area contributed by atoms with Crippen LogP contribution in [0.5, 0.6) is 0 Å². The first kappa shape index (κ1) is 15.7. The fraction of sp³-hybridized carbons (Fsp3) is 0.545. The predicted molar refractivity (Wildman–Crippen MR) is 66.8 cm³/mol. The molecule has 0 saturated carbocycles. The number of thioether (sulfide) groups is 1. The second-order valence-electron chi connectivity index (χ2n) is 3.29. The van der Waals surface area contributed by atoms with E-state index in [1.807, 2.05) is 0 Å². The molecular formula is C11H17NO4S. The number of carboxylic acids is 1. The maximum absolute atomic E-state index is 11.3. The van der Waals surface area contributed by atoms with Crippen molar-refractivity contribution in [2.75, 3.05) is 5.75 Å². The van der Waals surface area contributed by atoms with Crippen LogP contribution in [0.4, 0.5) is 0 Å². The molecule has 2 N–H and O–H groups in total. The summed E-state index contributed by atoms with van der Waals surface area (Å²) in [5.41, 5.74) is 0. The van der Waals surface area contributed by atoms with Gasteiger partial charge in [0.2, 0.25) is 5.91 Å². The number of carboxylic acid groups (broad SMARTS) is 1. The molecule has 1 atom stereocenters. The van der Waals surface area contributed by atoms with Crippen LogP contribution in [0.2, 0.25) is 0 Å². The predicted octanol–water partition coefficient (Wildman–Crippen LogP) is 1.19. The molecule has 0 fully saturated rings. The summed E-state index contributed by atoms with van der Waals surface area (Å²) < 4.78 is 0. The van der Waals surface area contributed by atoms with E-state index in [1.165, 1.54) is 0 Å². The first-order valence-corrected chi connectivity index (χ1v) is 6.28. The smallest absolute Gasteiger partial charge is 0.326 e. The first-order chi connectivity index (χ1) is 8.01.